The third kappa shape index (κ3) is 3.50. The highest BCUT2D eigenvalue weighted by atomic mass is 35.5. The van der Waals surface area contributed by atoms with Gasteiger partial charge < -0.3 is 4.90 Å². The number of hydrogen-bond acceptors (Lipinski definition) is 4. The second-order valence-electron chi connectivity index (χ2n) is 4.56. The lowest BCUT2D eigenvalue weighted by Gasteiger charge is -2.19. The molecule has 0 aliphatic rings. The molecule has 106 valence electrons. The maximum Gasteiger partial charge on any atom is 0.293 e. The average molecular weight is 302 g/mol. The summed E-state index contributed by atoms with van der Waals surface area (Å²) < 4.78 is 0. The van der Waals surface area contributed by atoms with Gasteiger partial charge in [-0.05, 0) is 29.8 Å². The van der Waals surface area contributed by atoms with E-state index in [-0.39, 0.29) is 11.3 Å². The lowest BCUT2D eigenvalue weighted by molar-refractivity contribution is -0.384. The van der Waals surface area contributed by atoms with Gasteiger partial charge in [0.05, 0.1) is 16.6 Å². The molecule has 2 aromatic carbocycles. The fourth-order valence-corrected chi connectivity index (χ4v) is 2.27. The molecule has 0 unspecified atom stereocenters. The van der Waals surface area contributed by atoms with Crippen molar-refractivity contribution in [3.05, 3.63) is 68.7 Å². The Bertz CT molecular complexity index is 725. The first kappa shape index (κ1) is 14.8. The number of hydrogen-bond donors (Lipinski definition) is 0. The Balaban J connectivity index is 2.33. The molecule has 0 N–H and O–H groups in total. The summed E-state index contributed by atoms with van der Waals surface area (Å²) in [5, 5.41) is 20.6. The first-order valence-electron chi connectivity index (χ1n) is 6.15. The average Bonchev–Trinajstić information content (AvgIpc) is 2.46. The zero-order valence-corrected chi connectivity index (χ0v) is 12.0. The molecule has 0 aromatic heterocycles. The summed E-state index contributed by atoms with van der Waals surface area (Å²) in [6, 6.07) is 13.7. The van der Waals surface area contributed by atoms with Crippen LogP contribution in [0.4, 0.5) is 11.4 Å². The van der Waals surface area contributed by atoms with Crippen molar-refractivity contribution in [3.8, 4) is 6.07 Å². The molecule has 0 aliphatic heterocycles. The molecule has 2 aromatic rings. The van der Waals surface area contributed by atoms with Crippen molar-refractivity contribution in [1.29, 1.82) is 5.26 Å². The second kappa shape index (κ2) is 6.25. The highest BCUT2D eigenvalue weighted by molar-refractivity contribution is 6.30. The smallest absolute Gasteiger partial charge is 0.293 e. The SMILES string of the molecule is CN(Cc1cccc(Cl)c1)c1ccc(C#N)cc1[N+](=O)[O-]. The van der Waals surface area contributed by atoms with Crippen LogP contribution in [0.25, 0.3) is 0 Å². The van der Waals surface area contributed by atoms with Crippen molar-refractivity contribution in [3.63, 3.8) is 0 Å². The minimum atomic E-state index is -0.482. The third-order valence-corrected chi connectivity index (χ3v) is 3.26. The largest absolute Gasteiger partial charge is 0.365 e. The summed E-state index contributed by atoms with van der Waals surface area (Å²) in [5.74, 6) is 0. The standard InChI is InChI=1S/C15H12ClN3O2/c1-18(10-12-3-2-4-13(16)7-12)14-6-5-11(9-17)8-15(14)19(20)21/h2-8H,10H2,1H3. The Morgan fingerprint density at radius 2 is 2.10 bits per heavy atom. The minimum absolute atomic E-state index is 0.0846. The van der Waals surface area contributed by atoms with Crippen molar-refractivity contribution in [2.75, 3.05) is 11.9 Å². The lowest BCUT2D eigenvalue weighted by atomic mass is 10.1. The molecule has 0 saturated carbocycles. The first-order chi connectivity index (χ1) is 10.0. The van der Waals surface area contributed by atoms with Crippen molar-refractivity contribution in [1.82, 2.24) is 0 Å². The number of rotatable bonds is 4. The van der Waals surface area contributed by atoms with Gasteiger partial charge in [0, 0.05) is 24.7 Å². The molecule has 21 heavy (non-hydrogen) atoms. The van der Waals surface area contributed by atoms with E-state index in [0.717, 1.165) is 5.56 Å². The molecule has 0 amide bonds. The predicted octanol–water partition coefficient (Wildman–Crippen LogP) is 3.76. The van der Waals surface area contributed by atoms with Gasteiger partial charge in [0.15, 0.2) is 0 Å². The molecule has 0 spiro atoms. The molecule has 6 heteroatoms. The lowest BCUT2D eigenvalue weighted by Crippen LogP contribution is -2.17. The van der Waals surface area contributed by atoms with Crippen LogP contribution in [0.5, 0.6) is 0 Å². The van der Waals surface area contributed by atoms with E-state index in [9.17, 15) is 10.1 Å². The third-order valence-electron chi connectivity index (χ3n) is 3.02. The van der Waals surface area contributed by atoms with Crippen LogP contribution >= 0.6 is 11.6 Å². The molecule has 0 radical (unpaired) electrons. The van der Waals surface area contributed by atoms with Crippen molar-refractivity contribution in [2.45, 2.75) is 6.54 Å². The summed E-state index contributed by atoms with van der Waals surface area (Å²) in [6.07, 6.45) is 0. The van der Waals surface area contributed by atoms with Crippen LogP contribution in [0, 0.1) is 21.4 Å². The molecule has 0 saturated heterocycles. The number of nitriles is 1. The minimum Gasteiger partial charge on any atom is -0.365 e. The molecule has 2 rings (SSSR count). The van der Waals surface area contributed by atoms with Crippen LogP contribution in [0.1, 0.15) is 11.1 Å². The Labute approximate surface area is 127 Å². The molecule has 0 bridgehead atoms. The van der Waals surface area contributed by atoms with Gasteiger partial charge in [-0.2, -0.15) is 5.26 Å². The van der Waals surface area contributed by atoms with Gasteiger partial charge >= 0.3 is 0 Å². The van der Waals surface area contributed by atoms with Gasteiger partial charge in [-0.15, -0.1) is 0 Å². The first-order valence-corrected chi connectivity index (χ1v) is 6.53. The van der Waals surface area contributed by atoms with E-state index in [1.165, 1.54) is 6.07 Å². The van der Waals surface area contributed by atoms with Crippen molar-refractivity contribution < 1.29 is 4.92 Å². The topological polar surface area (TPSA) is 70.2 Å². The van der Waals surface area contributed by atoms with E-state index >= 15 is 0 Å². The van der Waals surface area contributed by atoms with E-state index in [0.29, 0.717) is 17.3 Å². The van der Waals surface area contributed by atoms with E-state index in [1.807, 2.05) is 24.3 Å². The Morgan fingerprint density at radius 1 is 1.33 bits per heavy atom. The quantitative estimate of drug-likeness (QED) is 0.637. The summed E-state index contributed by atoms with van der Waals surface area (Å²) in [5.41, 5.74) is 1.59. The molecule has 0 aliphatic carbocycles. The zero-order valence-electron chi connectivity index (χ0n) is 11.3. The Morgan fingerprint density at radius 3 is 2.71 bits per heavy atom. The predicted molar refractivity (Wildman–Crippen MR) is 81.4 cm³/mol. The molecular weight excluding hydrogens is 290 g/mol. The number of anilines is 1. The summed E-state index contributed by atoms with van der Waals surface area (Å²) in [7, 11) is 1.76. The molecule has 0 atom stereocenters. The Hall–Kier alpha value is -2.58. The normalized spacial score (nSPS) is 9.95. The number of halogens is 1. The maximum absolute atomic E-state index is 11.1. The highest BCUT2D eigenvalue weighted by Crippen LogP contribution is 2.29. The summed E-state index contributed by atoms with van der Waals surface area (Å²) in [6.45, 7) is 0.479. The summed E-state index contributed by atoms with van der Waals surface area (Å²) >= 11 is 5.93. The van der Waals surface area contributed by atoms with E-state index < -0.39 is 4.92 Å². The van der Waals surface area contributed by atoms with Crippen molar-refractivity contribution >= 4 is 23.0 Å². The number of benzene rings is 2. The summed E-state index contributed by atoms with van der Waals surface area (Å²) in [4.78, 5) is 12.4. The maximum atomic E-state index is 11.1. The van der Waals surface area contributed by atoms with E-state index in [1.54, 1.807) is 30.1 Å². The molecular formula is C15H12ClN3O2. The van der Waals surface area contributed by atoms with Gasteiger partial charge in [-0.3, -0.25) is 10.1 Å². The van der Waals surface area contributed by atoms with Crippen LogP contribution in [-0.4, -0.2) is 12.0 Å². The number of nitrogens with zero attached hydrogens (tertiary/aromatic N) is 3. The Kier molecular flexibility index (Phi) is 4.41. The molecule has 0 fully saturated rings. The fourth-order valence-electron chi connectivity index (χ4n) is 2.06. The van der Waals surface area contributed by atoms with Gasteiger partial charge in [0.2, 0.25) is 0 Å². The highest BCUT2D eigenvalue weighted by Gasteiger charge is 2.18. The zero-order chi connectivity index (χ0) is 15.4. The van der Waals surface area contributed by atoms with Crippen molar-refractivity contribution in [2.24, 2.45) is 0 Å². The fraction of sp³-hybridized carbons (Fsp3) is 0.133. The molecule has 0 heterocycles. The van der Waals surface area contributed by atoms with Gasteiger partial charge in [-0.25, -0.2) is 0 Å². The second-order valence-corrected chi connectivity index (χ2v) is 4.99. The number of nitro benzene ring substituents is 1. The van der Waals surface area contributed by atoms with Crippen LogP contribution in [0.3, 0.4) is 0 Å². The van der Waals surface area contributed by atoms with Gasteiger partial charge in [0.1, 0.15) is 5.69 Å². The molecule has 5 nitrogen and oxygen atoms in total. The van der Waals surface area contributed by atoms with Crippen LogP contribution in [0.15, 0.2) is 42.5 Å². The van der Waals surface area contributed by atoms with Gasteiger partial charge in [-0.1, -0.05) is 23.7 Å². The van der Waals surface area contributed by atoms with E-state index in [4.69, 9.17) is 16.9 Å². The van der Waals surface area contributed by atoms with Crippen LogP contribution in [-0.2, 0) is 6.54 Å². The number of nitro groups is 1. The van der Waals surface area contributed by atoms with Crippen LogP contribution < -0.4 is 4.90 Å². The van der Waals surface area contributed by atoms with E-state index in [2.05, 4.69) is 0 Å². The van der Waals surface area contributed by atoms with Gasteiger partial charge in [0.25, 0.3) is 5.69 Å². The monoisotopic (exact) mass is 301 g/mol. The van der Waals surface area contributed by atoms with Crippen LogP contribution in [0.2, 0.25) is 5.02 Å².